The van der Waals surface area contributed by atoms with Crippen molar-refractivity contribution >= 4 is 31.6 Å². The van der Waals surface area contributed by atoms with Crippen molar-refractivity contribution in [3.63, 3.8) is 0 Å². The second kappa shape index (κ2) is 5.44. The van der Waals surface area contributed by atoms with E-state index < -0.39 is 9.33 Å². The molecule has 0 aliphatic rings. The maximum atomic E-state index is 8.95. The van der Waals surface area contributed by atoms with Gasteiger partial charge in [0.15, 0.2) is 0 Å². The van der Waals surface area contributed by atoms with Gasteiger partial charge in [-0.1, -0.05) is 29.8 Å². The number of hydrogen-bond acceptors (Lipinski definition) is 2. The zero-order valence-electron chi connectivity index (χ0n) is 6.74. The highest BCUT2D eigenvalue weighted by atomic mass is 35.7. The first-order valence-electron chi connectivity index (χ1n) is 3.19. The Morgan fingerprint density at radius 1 is 1.31 bits per heavy atom. The van der Waals surface area contributed by atoms with Crippen LogP contribution in [0.25, 0.3) is 0 Å². The molecule has 0 bridgehead atoms. The fourth-order valence-electron chi connectivity index (χ4n) is 0.551. The van der Waals surface area contributed by atoms with Crippen molar-refractivity contribution in [1.82, 2.24) is 0 Å². The Kier molecular flexibility index (Phi) is 5.32. The van der Waals surface area contributed by atoms with E-state index in [0.717, 1.165) is 10.6 Å². The van der Waals surface area contributed by atoms with Crippen molar-refractivity contribution in [1.29, 1.82) is 0 Å². The molecule has 1 N–H and O–H groups in total. The summed E-state index contributed by atoms with van der Waals surface area (Å²) in [6, 6.07) is 7.77. The predicted molar refractivity (Wildman–Crippen MR) is 53.6 cm³/mol. The van der Waals surface area contributed by atoms with Crippen LogP contribution >= 0.6 is 22.3 Å². The summed E-state index contributed by atoms with van der Waals surface area (Å²) in [7, 11) is -0.137. The third-order valence-electron chi connectivity index (χ3n) is 1.08. The summed E-state index contributed by atoms with van der Waals surface area (Å²) in [6.45, 7) is 1.99. The van der Waals surface area contributed by atoms with E-state index in [9.17, 15) is 0 Å². The first kappa shape index (κ1) is 12.7. The van der Waals surface area contributed by atoms with Crippen LogP contribution < -0.4 is 0 Å². The van der Waals surface area contributed by atoms with Crippen molar-refractivity contribution in [2.75, 3.05) is 0 Å². The minimum atomic E-state index is -4.19. The lowest BCUT2D eigenvalue weighted by molar-refractivity contribution is 0.501. The minimum Gasteiger partial charge on any atom is -0.273 e. The normalized spacial score (nSPS) is 10.2. The van der Waals surface area contributed by atoms with Crippen LogP contribution in [0.1, 0.15) is 5.56 Å². The molecule has 0 aliphatic carbocycles. The Morgan fingerprint density at radius 3 is 1.92 bits per heavy atom. The molecule has 0 aromatic heterocycles. The fourth-order valence-corrected chi connectivity index (χ4v) is 0.687. The van der Waals surface area contributed by atoms with Gasteiger partial charge < -0.3 is 0 Å². The van der Waals surface area contributed by atoms with Gasteiger partial charge in [-0.15, -0.1) is 0 Å². The standard InChI is InChI=1S/C7H7Cl.ClHO3S/c1-6-4-2-3-5-7(6)8;1-5(2,3)4/h2-5H,1H3;(H,2,3,4). The molecule has 1 aromatic carbocycles. The number of benzene rings is 1. The minimum absolute atomic E-state index is 0.840. The van der Waals surface area contributed by atoms with Crippen LogP contribution in [0.4, 0.5) is 0 Å². The van der Waals surface area contributed by atoms with Crippen LogP contribution in [0.15, 0.2) is 24.3 Å². The van der Waals surface area contributed by atoms with E-state index in [1.807, 2.05) is 31.2 Å². The highest BCUT2D eigenvalue weighted by Crippen LogP contribution is 2.11. The van der Waals surface area contributed by atoms with Gasteiger partial charge in [0.25, 0.3) is 0 Å². The predicted octanol–water partition coefficient (Wildman–Crippen LogP) is 2.68. The molecule has 74 valence electrons. The van der Waals surface area contributed by atoms with Gasteiger partial charge in [0.2, 0.25) is 0 Å². The van der Waals surface area contributed by atoms with E-state index >= 15 is 0 Å². The monoisotopic (exact) mass is 242 g/mol. The highest BCUT2D eigenvalue weighted by Gasteiger charge is 1.87. The smallest absolute Gasteiger partial charge is 0.273 e. The zero-order valence-corrected chi connectivity index (χ0v) is 9.07. The van der Waals surface area contributed by atoms with E-state index in [-0.39, 0.29) is 0 Å². The summed E-state index contributed by atoms with van der Waals surface area (Å²) in [5.74, 6) is 0. The topological polar surface area (TPSA) is 54.4 Å². The van der Waals surface area contributed by atoms with Crippen molar-refractivity contribution in [3.8, 4) is 0 Å². The van der Waals surface area contributed by atoms with Crippen LogP contribution in [0.2, 0.25) is 5.02 Å². The number of rotatable bonds is 0. The maximum Gasteiger partial charge on any atom is 0.353 e. The maximum absolute atomic E-state index is 8.95. The Balaban J connectivity index is 0.000000252. The van der Waals surface area contributed by atoms with Crippen molar-refractivity contribution < 1.29 is 13.0 Å². The van der Waals surface area contributed by atoms with Gasteiger partial charge in [-0.25, -0.2) is 0 Å². The molecule has 0 atom stereocenters. The molecular formula is C7H8Cl2O3S. The summed E-state index contributed by atoms with van der Waals surface area (Å²) in [4.78, 5) is 0. The average molecular weight is 243 g/mol. The van der Waals surface area contributed by atoms with Gasteiger partial charge in [0, 0.05) is 15.7 Å². The molecule has 0 spiro atoms. The molecule has 1 rings (SSSR count). The molecule has 3 nitrogen and oxygen atoms in total. The van der Waals surface area contributed by atoms with Crippen LogP contribution in [0.5, 0.6) is 0 Å². The molecule has 0 saturated carbocycles. The van der Waals surface area contributed by atoms with E-state index in [1.165, 1.54) is 0 Å². The Hall–Kier alpha value is -0.290. The second-order valence-corrected chi connectivity index (χ2v) is 4.56. The molecule has 0 unspecified atom stereocenters. The summed E-state index contributed by atoms with van der Waals surface area (Å²) in [6.07, 6.45) is 0. The first-order valence-corrected chi connectivity index (χ1v) is 5.83. The lowest BCUT2D eigenvalue weighted by Crippen LogP contribution is -1.77. The average Bonchev–Trinajstić information content (AvgIpc) is 1.92. The Bertz CT molecular complexity index is 333. The lowest BCUT2D eigenvalue weighted by atomic mass is 10.2. The number of aryl methyl sites for hydroxylation is 1. The second-order valence-electron chi connectivity index (χ2n) is 2.16. The van der Waals surface area contributed by atoms with Gasteiger partial charge in [-0.05, 0) is 18.6 Å². The van der Waals surface area contributed by atoms with Crippen LogP contribution in [0, 0.1) is 6.92 Å². The molecular weight excluding hydrogens is 235 g/mol. The molecule has 0 saturated heterocycles. The van der Waals surface area contributed by atoms with Gasteiger partial charge in [0.05, 0.1) is 0 Å². The number of halogens is 2. The van der Waals surface area contributed by atoms with Crippen molar-refractivity contribution in [3.05, 3.63) is 34.9 Å². The third kappa shape index (κ3) is 9.63. The lowest BCUT2D eigenvalue weighted by Gasteiger charge is -1.90. The third-order valence-corrected chi connectivity index (χ3v) is 1.50. The zero-order chi connectivity index (χ0) is 10.5. The summed E-state index contributed by atoms with van der Waals surface area (Å²) in [5, 5.41) is 0.840. The van der Waals surface area contributed by atoms with Crippen molar-refractivity contribution in [2.24, 2.45) is 0 Å². The van der Waals surface area contributed by atoms with E-state index in [2.05, 4.69) is 10.7 Å². The van der Waals surface area contributed by atoms with E-state index in [4.69, 9.17) is 24.6 Å². The summed E-state index contributed by atoms with van der Waals surface area (Å²) in [5.41, 5.74) is 1.13. The summed E-state index contributed by atoms with van der Waals surface area (Å²) >= 11 is 5.71. The fraction of sp³-hybridized carbons (Fsp3) is 0.143. The highest BCUT2D eigenvalue weighted by molar-refractivity contribution is 8.09. The molecule has 0 aliphatic heterocycles. The van der Waals surface area contributed by atoms with Gasteiger partial charge >= 0.3 is 9.33 Å². The largest absolute Gasteiger partial charge is 0.353 e. The van der Waals surface area contributed by atoms with E-state index in [1.54, 1.807) is 0 Å². The molecule has 0 heterocycles. The summed E-state index contributed by atoms with van der Waals surface area (Å²) < 4.78 is 25.2. The molecule has 0 radical (unpaired) electrons. The van der Waals surface area contributed by atoms with Crippen LogP contribution in [-0.2, 0) is 9.33 Å². The van der Waals surface area contributed by atoms with Crippen LogP contribution in [-0.4, -0.2) is 13.0 Å². The van der Waals surface area contributed by atoms with Crippen LogP contribution in [0.3, 0.4) is 0 Å². The SMILES string of the molecule is Cc1ccccc1Cl.O=S(=O)(O)Cl. The molecule has 0 fully saturated rings. The quantitative estimate of drug-likeness (QED) is 0.563. The number of hydrogen-bond donors (Lipinski definition) is 1. The Labute approximate surface area is 86.5 Å². The van der Waals surface area contributed by atoms with E-state index in [0.29, 0.717) is 0 Å². The molecule has 0 amide bonds. The first-order chi connectivity index (χ1) is 5.80. The van der Waals surface area contributed by atoms with Gasteiger partial charge in [-0.2, -0.15) is 8.42 Å². The van der Waals surface area contributed by atoms with Gasteiger partial charge in [0.1, 0.15) is 0 Å². The molecule has 1 aromatic rings. The molecule has 6 heteroatoms. The van der Waals surface area contributed by atoms with Gasteiger partial charge in [-0.3, -0.25) is 4.55 Å². The molecule has 13 heavy (non-hydrogen) atoms. The Morgan fingerprint density at radius 2 is 1.69 bits per heavy atom. The van der Waals surface area contributed by atoms with Crippen molar-refractivity contribution in [2.45, 2.75) is 6.92 Å².